The summed E-state index contributed by atoms with van der Waals surface area (Å²) in [6.07, 6.45) is 5.12. The third-order valence-corrected chi connectivity index (χ3v) is 6.91. The molecule has 0 spiro atoms. The molecule has 0 saturated heterocycles. The maximum atomic E-state index is 14.5. The average Bonchev–Trinajstić information content (AvgIpc) is 3.40. The van der Waals surface area contributed by atoms with Gasteiger partial charge in [-0.3, -0.25) is 0 Å². The van der Waals surface area contributed by atoms with Gasteiger partial charge in [-0.15, -0.1) is 11.3 Å². The fraction of sp³-hybridized carbons (Fsp3) is 0.500. The molecule has 0 fully saturated rings. The predicted octanol–water partition coefficient (Wildman–Crippen LogP) is 7.50. The summed E-state index contributed by atoms with van der Waals surface area (Å²) >= 11 is 1.42. The van der Waals surface area contributed by atoms with Crippen LogP contribution in [0.4, 0.5) is 8.78 Å². The van der Waals surface area contributed by atoms with Crippen LogP contribution >= 0.6 is 11.3 Å². The Morgan fingerprint density at radius 1 is 1.26 bits per heavy atom. The van der Waals surface area contributed by atoms with E-state index in [0.717, 1.165) is 45.2 Å². The van der Waals surface area contributed by atoms with Gasteiger partial charge in [0.1, 0.15) is 5.01 Å². The van der Waals surface area contributed by atoms with Crippen molar-refractivity contribution in [2.24, 2.45) is 11.8 Å². The van der Waals surface area contributed by atoms with Gasteiger partial charge < -0.3 is 19.7 Å². The normalized spacial score (nSPS) is 14.5. The van der Waals surface area contributed by atoms with Crippen molar-refractivity contribution in [3.8, 4) is 16.3 Å². The van der Waals surface area contributed by atoms with E-state index in [9.17, 15) is 13.9 Å². The Kier molecular flexibility index (Phi) is 8.43. The summed E-state index contributed by atoms with van der Waals surface area (Å²) in [5.74, 6) is 0.822. The smallest absolute Gasteiger partial charge is 0.426 e. The van der Waals surface area contributed by atoms with E-state index in [4.69, 9.17) is 14.6 Å². The van der Waals surface area contributed by atoms with E-state index in [1.807, 2.05) is 18.4 Å². The number of aromatic nitrogens is 2. The van der Waals surface area contributed by atoms with E-state index in [2.05, 4.69) is 23.8 Å². The maximum absolute atomic E-state index is 14.5. The number of halogens is 2. The maximum Gasteiger partial charge on any atom is 0.426 e. The van der Waals surface area contributed by atoms with Crippen molar-refractivity contribution in [3.05, 3.63) is 35.2 Å². The highest BCUT2D eigenvalue weighted by Gasteiger charge is 2.49. The van der Waals surface area contributed by atoms with Gasteiger partial charge in [-0.25, -0.2) is 9.97 Å². The van der Waals surface area contributed by atoms with Gasteiger partial charge in [-0.2, -0.15) is 8.78 Å². The van der Waals surface area contributed by atoms with Gasteiger partial charge in [0.15, 0.2) is 22.5 Å². The van der Waals surface area contributed by atoms with Crippen LogP contribution in [0, 0.1) is 24.2 Å². The van der Waals surface area contributed by atoms with Crippen molar-refractivity contribution in [3.63, 3.8) is 0 Å². The lowest BCUT2D eigenvalue weighted by Crippen LogP contribution is -2.47. The Bertz CT molecular complexity index is 1180. The molecule has 9 heteroatoms. The molecule has 0 aliphatic carbocycles. The molecule has 6 nitrogen and oxygen atoms in total. The number of allylic oxidation sites excluding steroid dienone is 1. The topological polar surface area (TPSA) is 92.2 Å². The number of nitrogens with zero attached hydrogens (tertiary/aromatic N) is 2. The molecule has 1 aromatic carbocycles. The molecule has 2 atom stereocenters. The minimum Gasteiger partial charge on any atom is -0.436 e. The number of hydrogen-bond donors (Lipinski definition) is 2. The lowest BCUT2D eigenvalue weighted by molar-refractivity contribution is -0.275. The van der Waals surface area contributed by atoms with Gasteiger partial charge in [0.25, 0.3) is 0 Å². The molecule has 2 heterocycles. The number of aryl methyl sites for hydroxylation is 1. The SMILES string of the molecule is CCC(C=N)CCC(C)C/C=C/c1nc2c(OC(F)(F)C(C)(C)O)ccc(-c3nc(C)cs3)c2o1. The summed E-state index contributed by atoms with van der Waals surface area (Å²) in [4.78, 5) is 8.91. The number of hydrogen-bond acceptors (Lipinski definition) is 7. The largest absolute Gasteiger partial charge is 0.436 e. The molecule has 0 aliphatic rings. The molecule has 0 aliphatic heterocycles. The Morgan fingerprint density at radius 3 is 2.60 bits per heavy atom. The van der Waals surface area contributed by atoms with Crippen LogP contribution < -0.4 is 4.74 Å². The Morgan fingerprint density at radius 2 is 2.00 bits per heavy atom. The van der Waals surface area contributed by atoms with Crippen molar-refractivity contribution in [1.29, 1.82) is 5.41 Å². The number of oxazole rings is 1. The van der Waals surface area contributed by atoms with Gasteiger partial charge in [0.05, 0.1) is 5.56 Å². The molecule has 190 valence electrons. The molecule has 0 amide bonds. The lowest BCUT2D eigenvalue weighted by atomic mass is 9.94. The minimum atomic E-state index is -3.84. The molecular weight excluding hydrogens is 472 g/mol. The number of nitrogens with one attached hydrogen (secondary N) is 1. The predicted molar refractivity (Wildman–Crippen MR) is 136 cm³/mol. The number of aliphatic hydroxyl groups is 1. The summed E-state index contributed by atoms with van der Waals surface area (Å²) < 4.78 is 39.9. The van der Waals surface area contributed by atoms with Crippen molar-refractivity contribution in [1.82, 2.24) is 9.97 Å². The van der Waals surface area contributed by atoms with Gasteiger partial charge >= 0.3 is 6.11 Å². The summed E-state index contributed by atoms with van der Waals surface area (Å²) in [6.45, 7) is 8.09. The monoisotopic (exact) mass is 505 g/mol. The van der Waals surface area contributed by atoms with Crippen LogP contribution in [-0.4, -0.2) is 33.0 Å². The quantitative estimate of drug-likeness (QED) is 0.249. The number of alkyl halides is 2. The van der Waals surface area contributed by atoms with Gasteiger partial charge in [-0.05, 0) is 82.7 Å². The second-order valence-corrected chi connectivity index (χ2v) is 10.3. The van der Waals surface area contributed by atoms with E-state index >= 15 is 0 Å². The van der Waals surface area contributed by atoms with Crippen LogP contribution in [0.15, 0.2) is 28.0 Å². The van der Waals surface area contributed by atoms with E-state index < -0.39 is 11.7 Å². The second kappa shape index (κ2) is 11.0. The summed E-state index contributed by atoms with van der Waals surface area (Å²) in [5.41, 5.74) is -0.470. The molecule has 3 rings (SSSR count). The molecule has 2 aromatic heterocycles. The van der Waals surface area contributed by atoms with E-state index in [-0.39, 0.29) is 17.2 Å². The third kappa shape index (κ3) is 6.52. The molecule has 0 saturated carbocycles. The van der Waals surface area contributed by atoms with Crippen LogP contribution in [0.2, 0.25) is 0 Å². The highest BCUT2D eigenvalue weighted by Crippen LogP contribution is 2.40. The molecule has 2 unspecified atom stereocenters. The molecule has 35 heavy (non-hydrogen) atoms. The van der Waals surface area contributed by atoms with Crippen LogP contribution in [0.3, 0.4) is 0 Å². The van der Waals surface area contributed by atoms with Crippen molar-refractivity contribution in [2.45, 2.75) is 72.0 Å². The zero-order valence-corrected chi connectivity index (χ0v) is 21.6. The first-order valence-corrected chi connectivity index (χ1v) is 12.7. The van der Waals surface area contributed by atoms with Crippen molar-refractivity contribution >= 4 is 34.7 Å². The summed E-state index contributed by atoms with van der Waals surface area (Å²) in [6, 6.07) is 3.02. The van der Waals surface area contributed by atoms with Crippen LogP contribution in [-0.2, 0) is 0 Å². The molecular formula is C26H33F2N3O3S. The number of benzene rings is 1. The Hall–Kier alpha value is -2.65. The number of fused-ring (bicyclic) bond motifs is 1. The van der Waals surface area contributed by atoms with Crippen molar-refractivity contribution < 1.29 is 23.0 Å². The number of ether oxygens (including phenoxy) is 1. The minimum absolute atomic E-state index is 0.142. The third-order valence-electron chi connectivity index (χ3n) is 5.91. The van der Waals surface area contributed by atoms with Crippen LogP contribution in [0.1, 0.15) is 65.0 Å². The van der Waals surface area contributed by atoms with E-state index in [1.165, 1.54) is 23.6 Å². The molecule has 0 radical (unpaired) electrons. The first kappa shape index (κ1) is 26.9. The van der Waals surface area contributed by atoms with E-state index in [1.54, 1.807) is 12.1 Å². The van der Waals surface area contributed by atoms with Crippen LogP contribution in [0.25, 0.3) is 27.7 Å². The lowest BCUT2D eigenvalue weighted by Gasteiger charge is -2.28. The first-order valence-electron chi connectivity index (χ1n) is 11.8. The number of rotatable bonds is 12. The van der Waals surface area contributed by atoms with Crippen molar-refractivity contribution in [2.75, 3.05) is 0 Å². The highest BCUT2D eigenvalue weighted by atomic mass is 32.1. The number of thiazole rings is 1. The molecule has 2 N–H and O–H groups in total. The highest BCUT2D eigenvalue weighted by molar-refractivity contribution is 7.13. The van der Waals surface area contributed by atoms with E-state index in [0.29, 0.717) is 28.0 Å². The fourth-order valence-electron chi connectivity index (χ4n) is 3.49. The Balaban J connectivity index is 1.89. The van der Waals surface area contributed by atoms with Gasteiger partial charge in [-0.1, -0.05) is 19.9 Å². The Labute approximate surface area is 208 Å². The van der Waals surface area contributed by atoms with Gasteiger partial charge in [0, 0.05) is 11.1 Å². The van der Waals surface area contributed by atoms with Gasteiger partial charge in [0.2, 0.25) is 5.89 Å². The second-order valence-electron chi connectivity index (χ2n) is 9.47. The molecule has 3 aromatic rings. The first-order chi connectivity index (χ1) is 16.4. The van der Waals surface area contributed by atoms with Crippen LogP contribution in [0.5, 0.6) is 5.75 Å². The average molecular weight is 506 g/mol. The molecule has 0 bridgehead atoms. The zero-order chi connectivity index (χ0) is 25.8. The standard InChI is InChI=1S/C26H33F2N3O3S/c1-6-18(14-29)11-10-16(2)8-7-9-21-31-22-20(34-26(27,28)25(4,5)32)13-12-19(23(22)33-21)24-30-17(3)15-35-24/h7,9,12-16,18,29,32H,6,8,10-11H2,1-5H3/b9-7+,29-14?. The zero-order valence-electron chi connectivity index (χ0n) is 20.8. The summed E-state index contributed by atoms with van der Waals surface area (Å²) in [5, 5.41) is 19.9. The fourth-order valence-corrected chi connectivity index (χ4v) is 4.30. The summed E-state index contributed by atoms with van der Waals surface area (Å²) in [7, 11) is 0.